The van der Waals surface area contributed by atoms with Crippen molar-refractivity contribution >= 4 is 17.5 Å². The van der Waals surface area contributed by atoms with Crippen LogP contribution in [0.4, 0.5) is 0 Å². The first kappa shape index (κ1) is 16.3. The third-order valence-corrected chi connectivity index (χ3v) is 3.37. The van der Waals surface area contributed by atoms with Crippen LogP contribution in [0.2, 0.25) is 5.02 Å². The molecule has 0 heterocycles. The molecule has 5 heteroatoms. The summed E-state index contributed by atoms with van der Waals surface area (Å²) in [6, 6.07) is 13.8. The largest absolute Gasteiger partial charge is 0.494 e. The summed E-state index contributed by atoms with van der Waals surface area (Å²) in [6.45, 7) is 2.55. The van der Waals surface area contributed by atoms with Crippen LogP contribution in [0.3, 0.4) is 0 Å². The highest BCUT2D eigenvalue weighted by Crippen LogP contribution is 2.16. The molecule has 0 aliphatic heterocycles. The van der Waals surface area contributed by atoms with Gasteiger partial charge in [0.05, 0.1) is 12.7 Å². The van der Waals surface area contributed by atoms with Gasteiger partial charge in [0.1, 0.15) is 5.75 Å². The number of carbonyl (C=O) groups is 1. The maximum atomic E-state index is 12.1. The number of amides is 1. The number of hydrogen-bond donors (Lipinski definition) is 2. The van der Waals surface area contributed by atoms with Gasteiger partial charge in [0.15, 0.2) is 0 Å². The lowest BCUT2D eigenvalue weighted by atomic mass is 10.1. The van der Waals surface area contributed by atoms with E-state index in [-0.39, 0.29) is 12.5 Å². The molecule has 2 N–H and O–H groups in total. The van der Waals surface area contributed by atoms with Crippen molar-refractivity contribution in [2.24, 2.45) is 0 Å². The molecular formula is C17H18ClNO3. The predicted molar refractivity (Wildman–Crippen MR) is 86.4 cm³/mol. The van der Waals surface area contributed by atoms with E-state index in [1.54, 1.807) is 48.5 Å². The molecule has 22 heavy (non-hydrogen) atoms. The fraction of sp³-hybridized carbons (Fsp3) is 0.235. The summed E-state index contributed by atoms with van der Waals surface area (Å²) in [6.07, 6.45) is -0.781. The maximum absolute atomic E-state index is 12.1. The summed E-state index contributed by atoms with van der Waals surface area (Å²) < 4.78 is 5.36. The fourth-order valence-corrected chi connectivity index (χ4v) is 2.11. The lowest BCUT2D eigenvalue weighted by Crippen LogP contribution is -2.28. The van der Waals surface area contributed by atoms with E-state index in [1.165, 1.54) is 0 Å². The van der Waals surface area contributed by atoms with E-state index >= 15 is 0 Å². The molecule has 0 fully saturated rings. The van der Waals surface area contributed by atoms with Gasteiger partial charge in [-0.1, -0.05) is 29.8 Å². The Labute approximate surface area is 134 Å². The molecule has 0 saturated heterocycles. The van der Waals surface area contributed by atoms with Gasteiger partial charge in [-0.2, -0.15) is 0 Å². The minimum absolute atomic E-state index is 0.124. The lowest BCUT2D eigenvalue weighted by molar-refractivity contribution is 0.0916. The molecule has 1 unspecified atom stereocenters. The van der Waals surface area contributed by atoms with Crippen molar-refractivity contribution in [3.63, 3.8) is 0 Å². The second-order valence-corrected chi connectivity index (χ2v) is 5.17. The lowest BCUT2D eigenvalue weighted by Gasteiger charge is -2.13. The van der Waals surface area contributed by atoms with Crippen molar-refractivity contribution in [1.82, 2.24) is 5.32 Å². The normalized spacial score (nSPS) is 11.8. The van der Waals surface area contributed by atoms with Crippen LogP contribution >= 0.6 is 11.6 Å². The van der Waals surface area contributed by atoms with Crippen molar-refractivity contribution in [1.29, 1.82) is 0 Å². The Morgan fingerprint density at radius 3 is 2.68 bits per heavy atom. The molecule has 1 amide bonds. The average molecular weight is 320 g/mol. The molecule has 0 radical (unpaired) electrons. The average Bonchev–Trinajstić information content (AvgIpc) is 2.53. The Morgan fingerprint density at radius 2 is 2.00 bits per heavy atom. The zero-order valence-corrected chi connectivity index (χ0v) is 13.0. The first-order valence-corrected chi connectivity index (χ1v) is 7.42. The molecule has 0 aliphatic rings. The summed E-state index contributed by atoms with van der Waals surface area (Å²) in [4.78, 5) is 12.1. The van der Waals surface area contributed by atoms with E-state index < -0.39 is 6.10 Å². The summed E-state index contributed by atoms with van der Waals surface area (Å²) >= 11 is 5.80. The summed E-state index contributed by atoms with van der Waals surface area (Å²) in [5, 5.41) is 13.4. The van der Waals surface area contributed by atoms with Gasteiger partial charge in [0.25, 0.3) is 5.91 Å². The van der Waals surface area contributed by atoms with Crippen molar-refractivity contribution in [2.45, 2.75) is 13.0 Å². The highest BCUT2D eigenvalue weighted by Gasteiger charge is 2.11. The number of rotatable bonds is 6. The van der Waals surface area contributed by atoms with Gasteiger partial charge in [-0.3, -0.25) is 4.79 Å². The standard InChI is InChI=1S/C17H18ClNO3/c1-2-22-15-5-3-4-13(10-15)17(21)19-11-16(20)12-6-8-14(18)9-7-12/h3-10,16,20H,2,11H2,1H3,(H,19,21). The highest BCUT2D eigenvalue weighted by atomic mass is 35.5. The van der Waals surface area contributed by atoms with Gasteiger partial charge in [-0.15, -0.1) is 0 Å². The van der Waals surface area contributed by atoms with Crippen molar-refractivity contribution < 1.29 is 14.6 Å². The third kappa shape index (κ3) is 4.48. The molecule has 2 aromatic rings. The Hall–Kier alpha value is -2.04. The molecule has 116 valence electrons. The Bertz CT molecular complexity index is 628. The molecule has 0 spiro atoms. The van der Waals surface area contributed by atoms with Crippen molar-refractivity contribution in [2.75, 3.05) is 13.2 Å². The maximum Gasteiger partial charge on any atom is 0.251 e. The SMILES string of the molecule is CCOc1cccc(C(=O)NCC(O)c2ccc(Cl)cc2)c1. The summed E-state index contributed by atoms with van der Waals surface area (Å²) in [7, 11) is 0. The summed E-state index contributed by atoms with van der Waals surface area (Å²) in [5.41, 5.74) is 1.20. The number of ether oxygens (including phenoxy) is 1. The van der Waals surface area contributed by atoms with Gasteiger partial charge in [0, 0.05) is 17.1 Å². The fourth-order valence-electron chi connectivity index (χ4n) is 1.99. The second kappa shape index (κ2) is 7.82. The summed E-state index contributed by atoms with van der Waals surface area (Å²) in [5.74, 6) is 0.392. The minimum Gasteiger partial charge on any atom is -0.494 e. The molecule has 4 nitrogen and oxygen atoms in total. The zero-order valence-electron chi connectivity index (χ0n) is 12.3. The molecule has 0 saturated carbocycles. The zero-order chi connectivity index (χ0) is 15.9. The third-order valence-electron chi connectivity index (χ3n) is 3.12. The molecule has 2 aromatic carbocycles. The first-order chi connectivity index (χ1) is 10.6. The van der Waals surface area contributed by atoms with Gasteiger partial charge in [-0.05, 0) is 42.8 Å². The van der Waals surface area contributed by atoms with E-state index in [4.69, 9.17) is 16.3 Å². The Morgan fingerprint density at radius 1 is 1.27 bits per heavy atom. The number of aliphatic hydroxyl groups excluding tert-OH is 1. The van der Waals surface area contributed by atoms with Crippen molar-refractivity contribution in [3.8, 4) is 5.75 Å². The van der Waals surface area contributed by atoms with Gasteiger partial charge in [0.2, 0.25) is 0 Å². The van der Waals surface area contributed by atoms with E-state index in [0.717, 1.165) is 0 Å². The van der Waals surface area contributed by atoms with E-state index in [0.29, 0.717) is 28.5 Å². The number of nitrogens with one attached hydrogen (secondary N) is 1. The van der Waals surface area contributed by atoms with E-state index in [1.807, 2.05) is 6.92 Å². The molecule has 1 atom stereocenters. The topological polar surface area (TPSA) is 58.6 Å². The van der Waals surface area contributed by atoms with Crippen LogP contribution in [0.5, 0.6) is 5.75 Å². The number of aliphatic hydroxyl groups is 1. The smallest absolute Gasteiger partial charge is 0.251 e. The van der Waals surface area contributed by atoms with Gasteiger partial charge < -0.3 is 15.2 Å². The highest BCUT2D eigenvalue weighted by molar-refractivity contribution is 6.30. The van der Waals surface area contributed by atoms with Crippen LogP contribution in [0.1, 0.15) is 28.9 Å². The van der Waals surface area contributed by atoms with Crippen LogP contribution in [-0.4, -0.2) is 24.2 Å². The first-order valence-electron chi connectivity index (χ1n) is 7.04. The number of halogens is 1. The Kier molecular flexibility index (Phi) is 5.81. The number of benzene rings is 2. The van der Waals surface area contributed by atoms with E-state index in [9.17, 15) is 9.90 Å². The van der Waals surface area contributed by atoms with Crippen LogP contribution in [0.25, 0.3) is 0 Å². The van der Waals surface area contributed by atoms with E-state index in [2.05, 4.69) is 5.32 Å². The number of hydrogen-bond acceptors (Lipinski definition) is 3. The predicted octanol–water partition coefficient (Wildman–Crippen LogP) is 3.20. The van der Waals surface area contributed by atoms with Gasteiger partial charge >= 0.3 is 0 Å². The quantitative estimate of drug-likeness (QED) is 0.859. The van der Waals surface area contributed by atoms with Crippen LogP contribution < -0.4 is 10.1 Å². The van der Waals surface area contributed by atoms with Crippen LogP contribution in [0.15, 0.2) is 48.5 Å². The second-order valence-electron chi connectivity index (χ2n) is 4.74. The molecule has 0 bridgehead atoms. The molecule has 0 aromatic heterocycles. The minimum atomic E-state index is -0.781. The molecule has 0 aliphatic carbocycles. The van der Waals surface area contributed by atoms with Gasteiger partial charge in [-0.25, -0.2) is 0 Å². The van der Waals surface area contributed by atoms with Crippen LogP contribution in [-0.2, 0) is 0 Å². The molecule has 2 rings (SSSR count). The Balaban J connectivity index is 1.94. The van der Waals surface area contributed by atoms with Crippen LogP contribution in [0, 0.1) is 0 Å². The monoisotopic (exact) mass is 319 g/mol. The number of carbonyl (C=O) groups excluding carboxylic acids is 1. The molecular weight excluding hydrogens is 302 g/mol. The van der Waals surface area contributed by atoms with Crippen molar-refractivity contribution in [3.05, 3.63) is 64.7 Å².